The summed E-state index contributed by atoms with van der Waals surface area (Å²) < 4.78 is 1.42. The summed E-state index contributed by atoms with van der Waals surface area (Å²) in [5.41, 5.74) is 1.38. The van der Waals surface area contributed by atoms with Gasteiger partial charge >= 0.3 is 0 Å². The number of thioether (sulfide) groups is 1. The molecule has 1 aromatic carbocycles. The highest BCUT2D eigenvalue weighted by Crippen LogP contribution is 2.26. The van der Waals surface area contributed by atoms with Gasteiger partial charge in [-0.1, -0.05) is 45.1 Å². The van der Waals surface area contributed by atoms with Crippen molar-refractivity contribution in [2.45, 2.75) is 11.3 Å². The Bertz CT molecular complexity index is 943. The molecule has 7 nitrogen and oxygen atoms in total. The first-order chi connectivity index (χ1) is 12.5. The van der Waals surface area contributed by atoms with Gasteiger partial charge in [-0.05, 0) is 25.1 Å². The molecular formula is C15H12BrN5O2S3. The Labute approximate surface area is 169 Å². The van der Waals surface area contributed by atoms with E-state index in [1.54, 1.807) is 18.2 Å². The van der Waals surface area contributed by atoms with Gasteiger partial charge in [0, 0.05) is 15.4 Å². The number of aromatic nitrogens is 3. The molecule has 26 heavy (non-hydrogen) atoms. The SMILES string of the molecule is Cc1csc(NC(=O)CSc2nnc(NC(=O)c3cccc(Br)c3)s2)n1. The molecule has 0 saturated heterocycles. The minimum Gasteiger partial charge on any atom is -0.301 e. The molecule has 0 spiro atoms. The molecule has 0 atom stereocenters. The van der Waals surface area contributed by atoms with Crippen molar-refractivity contribution in [2.75, 3.05) is 16.4 Å². The number of hydrogen-bond acceptors (Lipinski definition) is 8. The van der Waals surface area contributed by atoms with Crippen molar-refractivity contribution in [1.82, 2.24) is 15.2 Å². The summed E-state index contributed by atoms with van der Waals surface area (Å²) in [4.78, 5) is 28.3. The number of rotatable bonds is 6. The first kappa shape index (κ1) is 19.0. The fraction of sp³-hybridized carbons (Fsp3) is 0.133. The van der Waals surface area contributed by atoms with Crippen LogP contribution in [0.1, 0.15) is 16.1 Å². The first-order valence-corrected chi connectivity index (χ1v) is 10.7. The maximum atomic E-state index is 12.2. The number of nitrogens with one attached hydrogen (secondary N) is 2. The van der Waals surface area contributed by atoms with Crippen LogP contribution in [-0.4, -0.2) is 32.7 Å². The van der Waals surface area contributed by atoms with Crippen LogP contribution in [0.15, 0.2) is 38.5 Å². The summed E-state index contributed by atoms with van der Waals surface area (Å²) in [6.45, 7) is 1.87. The van der Waals surface area contributed by atoms with E-state index in [9.17, 15) is 9.59 Å². The van der Waals surface area contributed by atoms with E-state index in [1.165, 1.54) is 34.4 Å². The first-order valence-electron chi connectivity index (χ1n) is 7.25. The molecule has 0 unspecified atom stereocenters. The predicted molar refractivity (Wildman–Crippen MR) is 108 cm³/mol. The van der Waals surface area contributed by atoms with Gasteiger partial charge < -0.3 is 5.32 Å². The molecule has 0 radical (unpaired) electrons. The third-order valence-corrected chi connectivity index (χ3v) is 6.25. The zero-order valence-electron chi connectivity index (χ0n) is 13.4. The van der Waals surface area contributed by atoms with Crippen LogP contribution in [0.5, 0.6) is 0 Å². The lowest BCUT2D eigenvalue weighted by Gasteiger charge is -2.01. The molecule has 0 aliphatic rings. The average molecular weight is 470 g/mol. The number of carbonyl (C=O) groups is 2. The van der Waals surface area contributed by atoms with Crippen LogP contribution in [0, 0.1) is 6.92 Å². The Morgan fingerprint density at radius 2 is 2.08 bits per heavy atom. The Morgan fingerprint density at radius 3 is 2.81 bits per heavy atom. The van der Waals surface area contributed by atoms with E-state index in [4.69, 9.17) is 0 Å². The van der Waals surface area contributed by atoms with Gasteiger partial charge in [-0.2, -0.15) is 0 Å². The van der Waals surface area contributed by atoms with Crippen molar-refractivity contribution in [3.05, 3.63) is 45.4 Å². The van der Waals surface area contributed by atoms with Crippen molar-refractivity contribution in [3.8, 4) is 0 Å². The van der Waals surface area contributed by atoms with Crippen molar-refractivity contribution in [3.63, 3.8) is 0 Å². The van der Waals surface area contributed by atoms with E-state index in [2.05, 4.69) is 41.7 Å². The summed E-state index contributed by atoms with van der Waals surface area (Å²) in [7, 11) is 0. The van der Waals surface area contributed by atoms with Crippen LogP contribution in [0.3, 0.4) is 0 Å². The van der Waals surface area contributed by atoms with Crippen LogP contribution < -0.4 is 10.6 Å². The van der Waals surface area contributed by atoms with Crippen LogP contribution in [-0.2, 0) is 4.79 Å². The zero-order chi connectivity index (χ0) is 18.5. The summed E-state index contributed by atoms with van der Waals surface area (Å²) in [6.07, 6.45) is 0. The quantitative estimate of drug-likeness (QED) is 0.417. The second kappa shape index (κ2) is 8.71. The van der Waals surface area contributed by atoms with Crippen molar-refractivity contribution in [1.29, 1.82) is 0 Å². The van der Waals surface area contributed by atoms with Gasteiger partial charge in [-0.25, -0.2) is 4.98 Å². The summed E-state index contributed by atoms with van der Waals surface area (Å²) in [5.74, 6) is -0.248. The molecule has 134 valence electrons. The number of anilines is 2. The van der Waals surface area contributed by atoms with E-state index in [1.807, 2.05) is 18.4 Å². The largest absolute Gasteiger partial charge is 0.301 e. The van der Waals surface area contributed by atoms with Gasteiger partial charge in [-0.3, -0.25) is 14.9 Å². The Balaban J connectivity index is 1.51. The highest BCUT2D eigenvalue weighted by Gasteiger charge is 2.12. The number of nitrogens with zero attached hydrogens (tertiary/aromatic N) is 3. The number of amides is 2. The lowest BCUT2D eigenvalue weighted by atomic mass is 10.2. The highest BCUT2D eigenvalue weighted by atomic mass is 79.9. The molecule has 3 rings (SSSR count). The highest BCUT2D eigenvalue weighted by molar-refractivity contribution is 9.10. The molecule has 0 bridgehead atoms. The molecule has 3 aromatic rings. The normalized spacial score (nSPS) is 10.5. The van der Waals surface area contributed by atoms with Crippen molar-refractivity contribution < 1.29 is 9.59 Å². The Hall–Kier alpha value is -1.82. The van der Waals surface area contributed by atoms with E-state index in [0.717, 1.165) is 10.2 Å². The molecule has 2 N–H and O–H groups in total. The second-order valence-electron chi connectivity index (χ2n) is 4.97. The molecule has 0 saturated carbocycles. The smallest absolute Gasteiger partial charge is 0.257 e. The molecule has 0 fully saturated rings. The number of thiazole rings is 1. The van der Waals surface area contributed by atoms with Gasteiger partial charge in [0.1, 0.15) is 0 Å². The summed E-state index contributed by atoms with van der Waals surface area (Å²) >= 11 is 7.18. The number of carbonyl (C=O) groups excluding carboxylic acids is 2. The number of benzene rings is 1. The lowest BCUT2D eigenvalue weighted by Crippen LogP contribution is -2.13. The van der Waals surface area contributed by atoms with Crippen LogP contribution in [0.4, 0.5) is 10.3 Å². The molecule has 2 aromatic heterocycles. The van der Waals surface area contributed by atoms with Crippen molar-refractivity contribution >= 4 is 72.4 Å². The van der Waals surface area contributed by atoms with Gasteiger partial charge in [0.2, 0.25) is 11.0 Å². The third-order valence-electron chi connectivity index (χ3n) is 2.91. The zero-order valence-corrected chi connectivity index (χ0v) is 17.4. The van der Waals surface area contributed by atoms with E-state index in [-0.39, 0.29) is 17.6 Å². The summed E-state index contributed by atoms with van der Waals surface area (Å²) in [6, 6.07) is 7.05. The lowest BCUT2D eigenvalue weighted by molar-refractivity contribution is -0.113. The van der Waals surface area contributed by atoms with Crippen LogP contribution in [0.2, 0.25) is 0 Å². The maximum Gasteiger partial charge on any atom is 0.257 e. The predicted octanol–water partition coefficient (Wildman–Crippen LogP) is 4.05. The molecule has 2 heterocycles. The van der Waals surface area contributed by atoms with Crippen LogP contribution >= 0.6 is 50.4 Å². The van der Waals surface area contributed by atoms with E-state index in [0.29, 0.717) is 20.2 Å². The molecule has 0 aliphatic carbocycles. The van der Waals surface area contributed by atoms with Crippen LogP contribution in [0.25, 0.3) is 0 Å². The third kappa shape index (κ3) is 5.34. The average Bonchev–Trinajstić information content (AvgIpc) is 3.22. The number of aryl methyl sites for hydroxylation is 1. The number of halogens is 1. The Morgan fingerprint density at radius 1 is 1.23 bits per heavy atom. The minimum absolute atomic E-state index is 0.167. The van der Waals surface area contributed by atoms with Gasteiger partial charge in [0.15, 0.2) is 9.47 Å². The molecule has 2 amide bonds. The van der Waals surface area contributed by atoms with E-state index < -0.39 is 0 Å². The maximum absolute atomic E-state index is 12.2. The molecular weight excluding hydrogens is 458 g/mol. The van der Waals surface area contributed by atoms with Gasteiger partial charge in [-0.15, -0.1) is 21.5 Å². The van der Waals surface area contributed by atoms with Gasteiger partial charge in [0.25, 0.3) is 5.91 Å². The Kier molecular flexibility index (Phi) is 6.35. The topological polar surface area (TPSA) is 96.9 Å². The standard InChI is InChI=1S/C15H12BrN5O2S3/c1-8-6-24-13(17-8)18-11(22)7-25-15-21-20-14(26-15)19-12(23)9-3-2-4-10(16)5-9/h2-6H,7H2,1H3,(H,17,18,22)(H,19,20,23). The van der Waals surface area contributed by atoms with Gasteiger partial charge in [0.05, 0.1) is 11.4 Å². The monoisotopic (exact) mass is 469 g/mol. The second-order valence-corrected chi connectivity index (χ2v) is 8.94. The fourth-order valence-electron chi connectivity index (χ4n) is 1.81. The molecule has 0 aliphatic heterocycles. The van der Waals surface area contributed by atoms with Crippen molar-refractivity contribution in [2.24, 2.45) is 0 Å². The minimum atomic E-state index is -0.268. The fourth-order valence-corrected chi connectivity index (χ4v) is 4.46. The van der Waals surface area contributed by atoms with E-state index >= 15 is 0 Å². The number of hydrogen-bond donors (Lipinski definition) is 2. The molecule has 11 heteroatoms. The summed E-state index contributed by atoms with van der Waals surface area (Å²) in [5, 5.41) is 16.2.